The monoisotopic (exact) mass is 400 g/mol. The molecule has 3 rings (SSSR count). The van der Waals surface area contributed by atoms with Crippen molar-refractivity contribution in [2.45, 2.75) is 51.2 Å². The van der Waals surface area contributed by atoms with Crippen LogP contribution in [0.5, 0.6) is 5.75 Å². The number of ether oxygens (including phenoxy) is 1. The van der Waals surface area contributed by atoms with Crippen molar-refractivity contribution in [3.8, 4) is 5.75 Å². The summed E-state index contributed by atoms with van der Waals surface area (Å²) in [6.07, 6.45) is 2.24. The molecule has 0 bridgehead atoms. The van der Waals surface area contributed by atoms with E-state index in [-0.39, 0.29) is 34.9 Å². The molecule has 9 heteroatoms. The van der Waals surface area contributed by atoms with Crippen LogP contribution in [0.15, 0.2) is 24.3 Å². The van der Waals surface area contributed by atoms with Gasteiger partial charge < -0.3 is 20.5 Å². The van der Waals surface area contributed by atoms with Crippen molar-refractivity contribution >= 4 is 24.1 Å². The fourth-order valence-electron chi connectivity index (χ4n) is 3.33. The van der Waals surface area contributed by atoms with Gasteiger partial charge in [-0.3, -0.25) is 14.7 Å². The molecule has 4 N–H and O–H groups in total. The Morgan fingerprint density at radius 3 is 2.79 bits per heavy atom. The van der Waals surface area contributed by atoms with Gasteiger partial charge in [0, 0.05) is 29.3 Å². The Labute approximate surface area is 167 Å². The van der Waals surface area contributed by atoms with E-state index in [2.05, 4.69) is 20.8 Å². The maximum Gasteiger partial charge on any atom is 0.407 e. The molecule has 0 saturated heterocycles. The highest BCUT2D eigenvalue weighted by Gasteiger charge is 2.30. The van der Waals surface area contributed by atoms with E-state index in [1.54, 1.807) is 6.07 Å². The van der Waals surface area contributed by atoms with Crippen LogP contribution in [0.1, 0.15) is 65.4 Å². The number of carbonyl (C=O) groups is 3. The zero-order valence-corrected chi connectivity index (χ0v) is 16.3. The van der Waals surface area contributed by atoms with Crippen molar-refractivity contribution < 1.29 is 24.2 Å². The molecule has 154 valence electrons. The molecule has 0 aliphatic heterocycles. The number of aromatic nitrogens is 2. The minimum absolute atomic E-state index is 0.0232. The smallest absolute Gasteiger partial charge is 0.407 e. The molecular formula is C20H24N4O5. The van der Waals surface area contributed by atoms with E-state index in [9.17, 15) is 19.5 Å². The maximum atomic E-state index is 12.3. The van der Waals surface area contributed by atoms with Crippen molar-refractivity contribution in [1.82, 2.24) is 15.5 Å². The van der Waals surface area contributed by atoms with Crippen LogP contribution in [-0.2, 0) is 4.74 Å². The summed E-state index contributed by atoms with van der Waals surface area (Å²) in [5, 5.41) is 22.1. The Balaban J connectivity index is 1.57. The van der Waals surface area contributed by atoms with Crippen LogP contribution in [0.2, 0.25) is 0 Å². The fourth-order valence-corrected chi connectivity index (χ4v) is 3.33. The van der Waals surface area contributed by atoms with Gasteiger partial charge in [0.15, 0.2) is 12.1 Å². The largest absolute Gasteiger partial charge is 0.507 e. The molecule has 1 saturated carbocycles. The Kier molecular flexibility index (Phi) is 6.16. The number of phenols is 1. The number of H-pyrrole nitrogens is 1. The van der Waals surface area contributed by atoms with Crippen molar-refractivity contribution in [3.05, 3.63) is 41.1 Å². The van der Waals surface area contributed by atoms with E-state index in [0.717, 1.165) is 18.5 Å². The predicted molar refractivity (Wildman–Crippen MR) is 105 cm³/mol. The first-order valence-corrected chi connectivity index (χ1v) is 9.47. The number of aromatic amines is 1. The average molecular weight is 400 g/mol. The van der Waals surface area contributed by atoms with Crippen molar-refractivity contribution in [2.75, 3.05) is 5.32 Å². The molecule has 2 amide bonds. The van der Waals surface area contributed by atoms with Crippen molar-refractivity contribution in [2.24, 2.45) is 0 Å². The summed E-state index contributed by atoms with van der Waals surface area (Å²) < 4.78 is 5.43. The molecule has 1 aromatic carbocycles. The second-order valence-electron chi connectivity index (χ2n) is 7.39. The second kappa shape index (κ2) is 8.76. The van der Waals surface area contributed by atoms with Crippen LogP contribution >= 0.6 is 0 Å². The molecule has 29 heavy (non-hydrogen) atoms. The summed E-state index contributed by atoms with van der Waals surface area (Å²) in [4.78, 5) is 34.8. The van der Waals surface area contributed by atoms with Gasteiger partial charge in [0.05, 0.1) is 5.56 Å². The van der Waals surface area contributed by atoms with Crippen molar-refractivity contribution in [1.29, 1.82) is 0 Å². The standard InChI is InChI=1S/C20H24N4O5/c1-11(2)21-20(28)29-15-6-5-12(7-15)16-9-18(24-23-16)22-19(27)13-3-4-14(10-25)17(26)8-13/h3-4,8-12,15,26H,5-7H2,1-2H3,(H,21,28)(H2,22,23,24,27)/t12-,15+/m0/s1. The van der Waals surface area contributed by atoms with Gasteiger partial charge in [-0.2, -0.15) is 5.10 Å². The summed E-state index contributed by atoms with van der Waals surface area (Å²) in [6, 6.07) is 5.83. The number of nitrogens with zero attached hydrogens (tertiary/aromatic N) is 1. The van der Waals surface area contributed by atoms with Crippen LogP contribution in [0.4, 0.5) is 10.6 Å². The Hall–Kier alpha value is -3.36. The molecule has 0 radical (unpaired) electrons. The lowest BCUT2D eigenvalue weighted by molar-refractivity contribution is 0.0979. The van der Waals surface area contributed by atoms with Gasteiger partial charge in [0.25, 0.3) is 5.91 Å². The molecule has 2 atom stereocenters. The van der Waals surface area contributed by atoms with E-state index >= 15 is 0 Å². The second-order valence-corrected chi connectivity index (χ2v) is 7.39. The zero-order chi connectivity index (χ0) is 21.0. The third kappa shape index (κ3) is 5.13. The molecule has 0 spiro atoms. The number of phenolic OH excluding ortho intramolecular Hbond substituents is 1. The third-order valence-corrected chi connectivity index (χ3v) is 4.76. The number of aldehydes is 1. The van der Waals surface area contributed by atoms with Crippen LogP contribution in [0.25, 0.3) is 0 Å². The van der Waals surface area contributed by atoms with E-state index in [4.69, 9.17) is 4.74 Å². The fraction of sp³-hybridized carbons (Fsp3) is 0.400. The number of carbonyl (C=O) groups excluding carboxylic acids is 3. The lowest BCUT2D eigenvalue weighted by atomic mass is 10.0. The number of hydrogen-bond donors (Lipinski definition) is 4. The topological polar surface area (TPSA) is 133 Å². The van der Waals surface area contributed by atoms with Crippen LogP contribution in [-0.4, -0.2) is 45.7 Å². The molecule has 1 fully saturated rings. The number of rotatable bonds is 6. The molecule has 1 aliphatic rings. The van der Waals surface area contributed by atoms with E-state index < -0.39 is 12.0 Å². The highest BCUT2D eigenvalue weighted by Crippen LogP contribution is 2.35. The van der Waals surface area contributed by atoms with Crippen LogP contribution in [0, 0.1) is 0 Å². The van der Waals surface area contributed by atoms with Crippen LogP contribution < -0.4 is 10.6 Å². The predicted octanol–water partition coefficient (Wildman–Crippen LogP) is 2.95. The normalized spacial score (nSPS) is 18.4. The van der Waals surface area contributed by atoms with Crippen molar-refractivity contribution in [3.63, 3.8) is 0 Å². The minimum atomic E-state index is -0.450. The van der Waals surface area contributed by atoms with Gasteiger partial charge in [-0.1, -0.05) is 0 Å². The molecule has 1 heterocycles. The van der Waals surface area contributed by atoms with Crippen LogP contribution in [0.3, 0.4) is 0 Å². The number of nitrogens with one attached hydrogen (secondary N) is 3. The first-order valence-electron chi connectivity index (χ1n) is 9.47. The van der Waals surface area contributed by atoms with E-state index in [0.29, 0.717) is 18.5 Å². The average Bonchev–Trinajstić information content (AvgIpc) is 3.30. The molecule has 0 unspecified atom stereocenters. The van der Waals surface area contributed by atoms with Gasteiger partial charge in [-0.15, -0.1) is 0 Å². The molecule has 2 aromatic rings. The number of benzene rings is 1. The first-order chi connectivity index (χ1) is 13.9. The highest BCUT2D eigenvalue weighted by atomic mass is 16.6. The number of aromatic hydroxyl groups is 1. The third-order valence-electron chi connectivity index (χ3n) is 4.76. The summed E-state index contributed by atoms with van der Waals surface area (Å²) in [5.74, 6) is -0.200. The Morgan fingerprint density at radius 1 is 1.31 bits per heavy atom. The lowest BCUT2D eigenvalue weighted by Gasteiger charge is -2.14. The Morgan fingerprint density at radius 2 is 2.10 bits per heavy atom. The van der Waals surface area contributed by atoms with E-state index in [1.807, 2.05) is 13.8 Å². The maximum absolute atomic E-state index is 12.3. The summed E-state index contributed by atoms with van der Waals surface area (Å²) in [5.41, 5.74) is 1.18. The van der Waals surface area contributed by atoms with E-state index in [1.165, 1.54) is 18.2 Å². The van der Waals surface area contributed by atoms with Gasteiger partial charge in [-0.05, 0) is 51.3 Å². The van der Waals surface area contributed by atoms with Gasteiger partial charge >= 0.3 is 6.09 Å². The lowest BCUT2D eigenvalue weighted by Crippen LogP contribution is -2.33. The molecular weight excluding hydrogens is 376 g/mol. The minimum Gasteiger partial charge on any atom is -0.507 e. The summed E-state index contributed by atoms with van der Waals surface area (Å²) in [6.45, 7) is 3.74. The van der Waals surface area contributed by atoms with Gasteiger partial charge in [0.1, 0.15) is 11.9 Å². The number of hydrogen-bond acceptors (Lipinski definition) is 6. The molecule has 1 aromatic heterocycles. The van der Waals surface area contributed by atoms with Gasteiger partial charge in [-0.25, -0.2) is 4.79 Å². The number of alkyl carbamates (subject to hydrolysis) is 1. The first kappa shape index (κ1) is 20.4. The number of anilines is 1. The van der Waals surface area contributed by atoms with Gasteiger partial charge in [0.2, 0.25) is 0 Å². The zero-order valence-electron chi connectivity index (χ0n) is 16.3. The Bertz CT molecular complexity index is 908. The molecule has 9 nitrogen and oxygen atoms in total. The quantitative estimate of drug-likeness (QED) is 0.551. The molecule has 1 aliphatic carbocycles. The number of amides is 2. The SMILES string of the molecule is CC(C)NC(=O)O[C@@H]1CC[C@H](c2cc(NC(=O)c3ccc(C=O)c(O)c3)n[nH]2)C1. The summed E-state index contributed by atoms with van der Waals surface area (Å²) >= 11 is 0. The highest BCUT2D eigenvalue weighted by molar-refractivity contribution is 6.04. The summed E-state index contributed by atoms with van der Waals surface area (Å²) in [7, 11) is 0.